The van der Waals surface area contributed by atoms with Crippen LogP contribution in [0.1, 0.15) is 127 Å². The van der Waals surface area contributed by atoms with E-state index in [-0.39, 0.29) is 0 Å². The molecule has 0 aliphatic rings. The molecule has 0 aromatic carbocycles. The Morgan fingerprint density at radius 3 is 1.20 bits per heavy atom. The Morgan fingerprint density at radius 1 is 0.400 bits per heavy atom. The Morgan fingerprint density at radius 2 is 0.933 bits per heavy atom. The summed E-state index contributed by atoms with van der Waals surface area (Å²) in [5.74, 6) is 2.62. The van der Waals surface area contributed by atoms with E-state index in [0.717, 1.165) is 11.4 Å². The van der Waals surface area contributed by atoms with E-state index in [0.29, 0.717) is 29.6 Å². The van der Waals surface area contributed by atoms with Gasteiger partial charge >= 0.3 is 0 Å². The van der Waals surface area contributed by atoms with E-state index >= 15 is 0 Å². The molecule has 5 aromatic rings. The van der Waals surface area contributed by atoms with E-state index in [1.165, 1.54) is 16.7 Å². The first-order valence-electron chi connectivity index (χ1n) is 15.3. The molecule has 0 fully saturated rings. The van der Waals surface area contributed by atoms with Crippen molar-refractivity contribution in [1.82, 2.24) is 50.5 Å². The molecule has 5 heterocycles. The standard InChI is InChI=1S/5C7H10N2/c1-6(2)7-3-8-5-9-4-7;1-6(2)7-5-8-3-4-9-7;2*1-6(2)7-3-4-8-9-5-7;1-6(2)7-4-3-5-8-9-7/h5*3-6H,1-2H3. The van der Waals surface area contributed by atoms with Gasteiger partial charge in [0.15, 0.2) is 0 Å². The van der Waals surface area contributed by atoms with Crippen LogP contribution in [0, 0.1) is 0 Å². The molecule has 0 N–H and O–H groups in total. The maximum Gasteiger partial charge on any atom is 0.115 e. The minimum absolute atomic E-state index is 0.485. The van der Waals surface area contributed by atoms with Crippen LogP contribution in [0.4, 0.5) is 0 Å². The number of hydrogen-bond acceptors (Lipinski definition) is 10. The first-order valence-corrected chi connectivity index (χ1v) is 15.3. The van der Waals surface area contributed by atoms with Crippen molar-refractivity contribution in [2.75, 3.05) is 0 Å². The molecule has 0 unspecified atom stereocenters. The Bertz CT molecular complexity index is 1100. The van der Waals surface area contributed by atoms with Gasteiger partial charge in [-0.3, -0.25) is 9.97 Å². The highest BCUT2D eigenvalue weighted by Crippen LogP contribution is 2.11. The summed E-state index contributed by atoms with van der Waals surface area (Å²) in [5.41, 5.74) is 5.78. The smallest absolute Gasteiger partial charge is 0.115 e. The first-order chi connectivity index (χ1) is 21.5. The third kappa shape index (κ3) is 18.0. The minimum atomic E-state index is 0.485. The highest BCUT2D eigenvalue weighted by molar-refractivity contribution is 5.10. The molecule has 5 aromatic heterocycles. The van der Waals surface area contributed by atoms with Crippen LogP contribution < -0.4 is 0 Å². The number of rotatable bonds is 5. The van der Waals surface area contributed by atoms with Crippen LogP contribution >= 0.6 is 0 Å². The maximum atomic E-state index is 4.12. The normalized spacial score (nSPS) is 10.1. The van der Waals surface area contributed by atoms with E-state index in [1.54, 1.807) is 55.9 Å². The van der Waals surface area contributed by atoms with Crippen molar-refractivity contribution < 1.29 is 0 Å². The van der Waals surface area contributed by atoms with E-state index in [2.05, 4.69) is 120 Å². The maximum absolute atomic E-state index is 4.12. The molecule has 0 spiro atoms. The fraction of sp³-hybridized carbons (Fsp3) is 0.429. The van der Waals surface area contributed by atoms with Gasteiger partial charge in [-0.1, -0.05) is 69.2 Å². The van der Waals surface area contributed by atoms with Crippen molar-refractivity contribution in [1.29, 1.82) is 0 Å². The summed E-state index contributed by atoms with van der Waals surface area (Å²) in [6, 6.07) is 7.86. The molecule has 10 nitrogen and oxygen atoms in total. The summed E-state index contributed by atoms with van der Waals surface area (Å²) in [5, 5.41) is 22.6. The van der Waals surface area contributed by atoms with Crippen molar-refractivity contribution >= 4 is 0 Å². The summed E-state index contributed by atoms with van der Waals surface area (Å²) < 4.78 is 0. The lowest BCUT2D eigenvalue weighted by Gasteiger charge is -2.00. The van der Waals surface area contributed by atoms with Crippen molar-refractivity contribution in [2.24, 2.45) is 0 Å². The molecular weight excluding hydrogens is 560 g/mol. The molecule has 10 heteroatoms. The molecule has 45 heavy (non-hydrogen) atoms. The van der Waals surface area contributed by atoms with Gasteiger partial charge in [-0.25, -0.2) is 9.97 Å². The number of nitrogens with zero attached hydrogens (tertiary/aromatic N) is 10. The lowest BCUT2D eigenvalue weighted by Crippen LogP contribution is -1.92. The van der Waals surface area contributed by atoms with Gasteiger partial charge < -0.3 is 0 Å². The van der Waals surface area contributed by atoms with E-state index < -0.39 is 0 Å². The fourth-order valence-electron chi connectivity index (χ4n) is 3.12. The first kappa shape index (κ1) is 38.4. The van der Waals surface area contributed by atoms with Crippen LogP contribution in [-0.4, -0.2) is 50.5 Å². The highest BCUT2D eigenvalue weighted by Gasteiger charge is 1.98. The lowest BCUT2D eigenvalue weighted by atomic mass is 10.1. The van der Waals surface area contributed by atoms with Gasteiger partial charge in [-0.2, -0.15) is 30.6 Å². The van der Waals surface area contributed by atoms with Gasteiger partial charge in [0.1, 0.15) is 6.33 Å². The van der Waals surface area contributed by atoms with E-state index in [9.17, 15) is 0 Å². The van der Waals surface area contributed by atoms with Gasteiger partial charge in [0.05, 0.1) is 23.8 Å². The lowest BCUT2D eigenvalue weighted by molar-refractivity contribution is 0.785. The van der Waals surface area contributed by atoms with Crippen molar-refractivity contribution in [3.8, 4) is 0 Å². The zero-order valence-electron chi connectivity index (χ0n) is 28.5. The average Bonchev–Trinajstić information content (AvgIpc) is 3.08. The average molecular weight is 611 g/mol. The van der Waals surface area contributed by atoms with Gasteiger partial charge in [0.25, 0.3) is 0 Å². The summed E-state index contributed by atoms with van der Waals surface area (Å²) in [7, 11) is 0. The van der Waals surface area contributed by atoms with Crippen LogP contribution in [0.3, 0.4) is 0 Å². The Labute approximate surface area is 269 Å². The molecule has 5 rings (SSSR count). The van der Waals surface area contributed by atoms with Crippen molar-refractivity contribution in [3.05, 3.63) is 121 Å². The SMILES string of the molecule is CC(C)c1cccnn1.CC(C)c1ccnnc1.CC(C)c1ccnnc1.CC(C)c1cnccn1.CC(C)c1cncnc1. The zero-order chi connectivity index (χ0) is 33.5. The molecule has 0 radical (unpaired) electrons. The monoisotopic (exact) mass is 610 g/mol. The van der Waals surface area contributed by atoms with Crippen LogP contribution in [0.15, 0.2) is 92.6 Å². The summed E-state index contributed by atoms with van der Waals surface area (Å²) in [6.07, 6.45) is 19.2. The highest BCUT2D eigenvalue weighted by atomic mass is 15.1. The zero-order valence-corrected chi connectivity index (χ0v) is 28.5. The summed E-state index contributed by atoms with van der Waals surface area (Å²) in [4.78, 5) is 15.8. The molecule has 0 saturated carbocycles. The van der Waals surface area contributed by atoms with E-state index in [1.807, 2.05) is 36.7 Å². The fourth-order valence-corrected chi connectivity index (χ4v) is 3.12. The van der Waals surface area contributed by atoms with Crippen LogP contribution in [0.2, 0.25) is 0 Å². The molecule has 0 bridgehead atoms. The summed E-state index contributed by atoms with van der Waals surface area (Å²) in [6.45, 7) is 21.2. The minimum Gasteiger partial charge on any atom is -0.261 e. The second-order valence-electron chi connectivity index (χ2n) is 11.6. The number of aromatic nitrogens is 10. The van der Waals surface area contributed by atoms with Gasteiger partial charge in [0, 0.05) is 49.6 Å². The predicted molar refractivity (Wildman–Crippen MR) is 181 cm³/mol. The van der Waals surface area contributed by atoms with E-state index in [4.69, 9.17) is 0 Å². The molecular formula is C35H50N10. The van der Waals surface area contributed by atoms with Crippen molar-refractivity contribution in [3.63, 3.8) is 0 Å². The van der Waals surface area contributed by atoms with Crippen LogP contribution in [0.5, 0.6) is 0 Å². The third-order valence-corrected chi connectivity index (χ3v) is 6.15. The van der Waals surface area contributed by atoms with Crippen LogP contribution in [-0.2, 0) is 0 Å². The topological polar surface area (TPSA) is 129 Å². The second kappa shape index (κ2) is 22.9. The quantitative estimate of drug-likeness (QED) is 0.193. The molecule has 0 saturated heterocycles. The van der Waals surface area contributed by atoms with Gasteiger partial charge in [-0.15, -0.1) is 0 Å². The Balaban J connectivity index is 0.000000281. The molecule has 0 aliphatic carbocycles. The molecule has 0 atom stereocenters. The molecule has 0 amide bonds. The van der Waals surface area contributed by atoms with Crippen LogP contribution in [0.25, 0.3) is 0 Å². The van der Waals surface area contributed by atoms with Gasteiger partial charge in [0.2, 0.25) is 0 Å². The number of hydrogen-bond donors (Lipinski definition) is 0. The Kier molecular flexibility index (Phi) is 19.5. The largest absolute Gasteiger partial charge is 0.261 e. The Hall–Kier alpha value is -4.60. The molecule has 0 aliphatic heterocycles. The predicted octanol–water partition coefficient (Wildman–Crippen LogP) is 8.00. The third-order valence-electron chi connectivity index (χ3n) is 6.15. The molecule has 240 valence electrons. The van der Waals surface area contributed by atoms with Crippen molar-refractivity contribution in [2.45, 2.75) is 98.8 Å². The second-order valence-corrected chi connectivity index (χ2v) is 11.6. The van der Waals surface area contributed by atoms with Gasteiger partial charge in [-0.05, 0) is 70.5 Å². The summed E-state index contributed by atoms with van der Waals surface area (Å²) >= 11 is 0.